The Morgan fingerprint density at radius 1 is 1.00 bits per heavy atom. The van der Waals surface area contributed by atoms with Crippen molar-refractivity contribution in [2.75, 3.05) is 4.72 Å². The van der Waals surface area contributed by atoms with Crippen molar-refractivity contribution in [2.45, 2.75) is 4.90 Å². The molecule has 0 bridgehead atoms. The van der Waals surface area contributed by atoms with Crippen molar-refractivity contribution in [3.63, 3.8) is 0 Å². The third-order valence-electron chi connectivity index (χ3n) is 2.85. The van der Waals surface area contributed by atoms with E-state index in [1.165, 1.54) is 12.1 Å². The maximum atomic E-state index is 12.5. The molecule has 0 aliphatic rings. The largest absolute Gasteiger partial charge is 0.263 e. The van der Waals surface area contributed by atoms with Gasteiger partial charge in [-0.3, -0.25) is 9.71 Å². The SMILES string of the molecule is O=S(=O)(Nc1cccc(Cl)n1)c1cccc2ncccc12. The van der Waals surface area contributed by atoms with Crippen LogP contribution in [-0.2, 0) is 10.0 Å². The van der Waals surface area contributed by atoms with Crippen molar-refractivity contribution in [3.8, 4) is 0 Å². The Balaban J connectivity index is 2.09. The first-order valence-corrected chi connectivity index (χ1v) is 7.91. The van der Waals surface area contributed by atoms with Crippen molar-refractivity contribution in [2.24, 2.45) is 0 Å². The first-order valence-electron chi connectivity index (χ1n) is 6.05. The second-order valence-electron chi connectivity index (χ2n) is 4.28. The lowest BCUT2D eigenvalue weighted by molar-refractivity contribution is 0.602. The lowest BCUT2D eigenvalue weighted by atomic mass is 10.2. The van der Waals surface area contributed by atoms with Gasteiger partial charge in [0.2, 0.25) is 0 Å². The summed E-state index contributed by atoms with van der Waals surface area (Å²) in [5, 5.41) is 0.768. The topological polar surface area (TPSA) is 72.0 Å². The predicted molar refractivity (Wildman–Crippen MR) is 81.8 cm³/mol. The summed E-state index contributed by atoms with van der Waals surface area (Å²) in [4.78, 5) is 8.22. The molecular formula is C14H10ClN3O2S. The Morgan fingerprint density at radius 3 is 2.62 bits per heavy atom. The number of hydrogen-bond acceptors (Lipinski definition) is 4. The quantitative estimate of drug-likeness (QED) is 0.753. The normalized spacial score (nSPS) is 11.5. The van der Waals surface area contributed by atoms with Crippen LogP contribution < -0.4 is 4.72 Å². The maximum Gasteiger partial charge on any atom is 0.263 e. The molecule has 0 radical (unpaired) electrons. The molecule has 21 heavy (non-hydrogen) atoms. The van der Waals surface area contributed by atoms with E-state index in [1.54, 1.807) is 42.6 Å². The molecule has 0 saturated heterocycles. The Labute approximate surface area is 126 Å². The van der Waals surface area contributed by atoms with Crippen molar-refractivity contribution < 1.29 is 8.42 Å². The summed E-state index contributed by atoms with van der Waals surface area (Å²) in [5.74, 6) is 0.170. The van der Waals surface area contributed by atoms with Crippen LogP contribution in [0.15, 0.2) is 59.6 Å². The molecule has 0 saturated carbocycles. The summed E-state index contributed by atoms with van der Waals surface area (Å²) in [5.41, 5.74) is 0.611. The van der Waals surface area contributed by atoms with E-state index in [0.717, 1.165) is 0 Å². The highest BCUT2D eigenvalue weighted by atomic mass is 35.5. The molecule has 7 heteroatoms. The van der Waals surface area contributed by atoms with E-state index < -0.39 is 10.0 Å². The average Bonchev–Trinajstić information content (AvgIpc) is 2.46. The van der Waals surface area contributed by atoms with Gasteiger partial charge in [-0.2, -0.15) is 0 Å². The van der Waals surface area contributed by atoms with E-state index in [9.17, 15) is 8.42 Å². The average molecular weight is 320 g/mol. The molecule has 5 nitrogen and oxygen atoms in total. The monoisotopic (exact) mass is 319 g/mol. The molecule has 3 rings (SSSR count). The molecule has 0 spiro atoms. The van der Waals surface area contributed by atoms with Crippen LogP contribution in [0, 0.1) is 0 Å². The Hall–Kier alpha value is -2.18. The molecule has 0 aliphatic carbocycles. The fourth-order valence-corrected chi connectivity index (χ4v) is 3.35. The molecule has 1 aromatic carbocycles. The van der Waals surface area contributed by atoms with Crippen molar-refractivity contribution in [1.82, 2.24) is 9.97 Å². The lowest BCUT2D eigenvalue weighted by Gasteiger charge is -2.09. The third-order valence-corrected chi connectivity index (χ3v) is 4.47. The zero-order valence-electron chi connectivity index (χ0n) is 10.7. The van der Waals surface area contributed by atoms with Crippen molar-refractivity contribution in [1.29, 1.82) is 0 Å². The molecule has 1 N–H and O–H groups in total. The highest BCUT2D eigenvalue weighted by Gasteiger charge is 2.18. The van der Waals surface area contributed by atoms with Crippen LogP contribution in [0.25, 0.3) is 10.9 Å². The molecule has 2 heterocycles. The van der Waals surface area contributed by atoms with Gasteiger partial charge < -0.3 is 0 Å². The van der Waals surface area contributed by atoms with Crippen LogP contribution in [0.5, 0.6) is 0 Å². The second kappa shape index (κ2) is 5.31. The predicted octanol–water partition coefficient (Wildman–Crippen LogP) is 3.08. The van der Waals surface area contributed by atoms with Gasteiger partial charge in [0.25, 0.3) is 10.0 Å². The van der Waals surface area contributed by atoms with Gasteiger partial charge in [0.05, 0.1) is 10.4 Å². The number of anilines is 1. The summed E-state index contributed by atoms with van der Waals surface area (Å²) in [7, 11) is -3.77. The van der Waals surface area contributed by atoms with Gasteiger partial charge in [-0.15, -0.1) is 0 Å². The molecule has 2 aromatic heterocycles. The molecule has 3 aromatic rings. The van der Waals surface area contributed by atoms with Gasteiger partial charge in [0.15, 0.2) is 0 Å². The number of pyridine rings is 2. The van der Waals surface area contributed by atoms with E-state index in [4.69, 9.17) is 11.6 Å². The molecule has 0 aliphatic heterocycles. The number of nitrogens with zero attached hydrogens (tertiary/aromatic N) is 2. The van der Waals surface area contributed by atoms with Gasteiger partial charge >= 0.3 is 0 Å². The van der Waals surface area contributed by atoms with Gasteiger partial charge in [-0.1, -0.05) is 23.7 Å². The summed E-state index contributed by atoms with van der Waals surface area (Å²) in [6, 6.07) is 13.1. The van der Waals surface area contributed by atoms with E-state index >= 15 is 0 Å². The van der Waals surface area contributed by atoms with Crippen LogP contribution in [0.4, 0.5) is 5.82 Å². The summed E-state index contributed by atoms with van der Waals surface area (Å²) in [6.07, 6.45) is 1.62. The summed E-state index contributed by atoms with van der Waals surface area (Å²) in [6.45, 7) is 0. The van der Waals surface area contributed by atoms with Crippen molar-refractivity contribution >= 4 is 38.3 Å². The van der Waals surface area contributed by atoms with Crippen LogP contribution in [0.2, 0.25) is 5.15 Å². The Morgan fingerprint density at radius 2 is 1.81 bits per heavy atom. The number of halogens is 1. The van der Waals surface area contributed by atoms with Crippen LogP contribution >= 0.6 is 11.6 Å². The number of benzene rings is 1. The summed E-state index contributed by atoms with van der Waals surface area (Å²) < 4.78 is 27.4. The fraction of sp³-hybridized carbons (Fsp3) is 0. The van der Waals surface area contributed by atoms with Gasteiger partial charge in [-0.25, -0.2) is 13.4 Å². The summed E-state index contributed by atoms with van der Waals surface area (Å²) >= 11 is 5.76. The van der Waals surface area contributed by atoms with Crippen LogP contribution in [0.3, 0.4) is 0 Å². The standard InChI is InChI=1S/C14H10ClN3O2S/c15-13-7-2-8-14(17-13)18-21(19,20)12-6-1-5-11-10(12)4-3-9-16-11/h1-9H,(H,17,18). The third kappa shape index (κ3) is 2.81. The molecule has 0 amide bonds. The van der Waals surface area contributed by atoms with Crippen LogP contribution in [0.1, 0.15) is 0 Å². The second-order valence-corrected chi connectivity index (χ2v) is 6.32. The highest BCUT2D eigenvalue weighted by molar-refractivity contribution is 7.93. The zero-order chi connectivity index (χ0) is 14.9. The molecule has 0 atom stereocenters. The zero-order valence-corrected chi connectivity index (χ0v) is 12.3. The molecule has 0 unspecified atom stereocenters. The van der Waals surface area contributed by atoms with E-state index in [0.29, 0.717) is 10.9 Å². The van der Waals surface area contributed by atoms with Crippen molar-refractivity contribution in [3.05, 3.63) is 59.9 Å². The minimum absolute atomic E-state index is 0.148. The van der Waals surface area contributed by atoms with Crippen LogP contribution in [-0.4, -0.2) is 18.4 Å². The van der Waals surface area contributed by atoms with Gasteiger partial charge in [0.1, 0.15) is 11.0 Å². The number of nitrogens with one attached hydrogen (secondary N) is 1. The number of fused-ring (bicyclic) bond motifs is 1. The minimum Gasteiger partial charge on any atom is -0.263 e. The first-order chi connectivity index (χ1) is 10.1. The van der Waals surface area contributed by atoms with E-state index in [2.05, 4.69) is 14.7 Å². The molecular weight excluding hydrogens is 310 g/mol. The lowest BCUT2D eigenvalue weighted by Crippen LogP contribution is -2.14. The highest BCUT2D eigenvalue weighted by Crippen LogP contribution is 2.23. The number of rotatable bonds is 3. The number of hydrogen-bond donors (Lipinski definition) is 1. The molecule has 0 fully saturated rings. The van der Waals surface area contributed by atoms with Gasteiger partial charge in [0, 0.05) is 11.6 Å². The number of aromatic nitrogens is 2. The maximum absolute atomic E-state index is 12.5. The van der Waals surface area contributed by atoms with E-state index in [1.807, 2.05) is 0 Å². The smallest absolute Gasteiger partial charge is 0.263 e. The number of sulfonamides is 1. The van der Waals surface area contributed by atoms with Gasteiger partial charge in [-0.05, 0) is 36.4 Å². The Bertz CT molecular complexity index is 907. The molecule has 106 valence electrons. The minimum atomic E-state index is -3.77. The first kappa shape index (κ1) is 13.8. The Kier molecular flexibility index (Phi) is 3.48. The fourth-order valence-electron chi connectivity index (χ4n) is 1.97. The van der Waals surface area contributed by atoms with E-state index in [-0.39, 0.29) is 15.9 Å².